The monoisotopic (exact) mass is 295 g/mol. The first kappa shape index (κ1) is 13.8. The normalized spacial score (nSPS) is 30.4. The van der Waals surface area contributed by atoms with Gasteiger partial charge in [-0.15, -0.1) is 0 Å². The van der Waals surface area contributed by atoms with Crippen LogP contribution in [0.5, 0.6) is 0 Å². The topological polar surface area (TPSA) is 38.3 Å². The number of methoxy groups -OCH3 is 1. The molecule has 0 aromatic heterocycles. The van der Waals surface area contributed by atoms with Gasteiger partial charge < -0.3 is 10.1 Å². The number of piperidine rings is 1. The Hall–Kier alpha value is -1.87. The van der Waals surface area contributed by atoms with Gasteiger partial charge >= 0.3 is 5.97 Å². The van der Waals surface area contributed by atoms with Gasteiger partial charge in [-0.05, 0) is 35.6 Å². The van der Waals surface area contributed by atoms with Crippen molar-refractivity contribution in [3.8, 4) is 0 Å². The van der Waals surface area contributed by atoms with Gasteiger partial charge in [0.25, 0.3) is 0 Å². The van der Waals surface area contributed by atoms with Crippen LogP contribution < -0.4 is 5.32 Å². The van der Waals surface area contributed by atoms with Crippen LogP contribution in [0.25, 0.3) is 10.8 Å². The SMILES string of the molecule is COC(=O)[C@H]1[C@@H](c2ccc3ccccc3c2)C[C@@H]2CC[C@H]1N2. The molecule has 22 heavy (non-hydrogen) atoms. The first-order valence-electron chi connectivity index (χ1n) is 8.09. The number of carbonyl (C=O) groups is 1. The highest BCUT2D eigenvalue weighted by Gasteiger charge is 2.46. The van der Waals surface area contributed by atoms with Crippen LogP contribution in [0.3, 0.4) is 0 Å². The van der Waals surface area contributed by atoms with E-state index in [0.717, 1.165) is 12.8 Å². The summed E-state index contributed by atoms with van der Waals surface area (Å²) in [6.45, 7) is 0. The highest BCUT2D eigenvalue weighted by Crippen LogP contribution is 2.42. The average molecular weight is 295 g/mol. The Morgan fingerprint density at radius 2 is 1.95 bits per heavy atom. The van der Waals surface area contributed by atoms with E-state index in [9.17, 15) is 4.79 Å². The van der Waals surface area contributed by atoms with Gasteiger partial charge in [0.1, 0.15) is 0 Å². The van der Waals surface area contributed by atoms with Crippen molar-refractivity contribution in [2.75, 3.05) is 7.11 Å². The van der Waals surface area contributed by atoms with Crippen molar-refractivity contribution in [1.82, 2.24) is 5.32 Å². The second-order valence-corrected chi connectivity index (χ2v) is 6.55. The van der Waals surface area contributed by atoms with Crippen LogP contribution >= 0.6 is 0 Å². The maximum atomic E-state index is 12.3. The number of benzene rings is 2. The van der Waals surface area contributed by atoms with Crippen LogP contribution in [0.15, 0.2) is 42.5 Å². The zero-order valence-corrected chi connectivity index (χ0v) is 12.8. The summed E-state index contributed by atoms with van der Waals surface area (Å²) >= 11 is 0. The van der Waals surface area contributed by atoms with Gasteiger partial charge in [-0.3, -0.25) is 4.79 Å². The third kappa shape index (κ3) is 2.20. The predicted octanol–water partition coefficient (Wildman–Crippen LogP) is 3.24. The molecular weight excluding hydrogens is 274 g/mol. The van der Waals surface area contributed by atoms with E-state index in [0.29, 0.717) is 6.04 Å². The molecule has 2 bridgehead atoms. The molecule has 3 nitrogen and oxygen atoms in total. The Morgan fingerprint density at radius 3 is 2.77 bits per heavy atom. The van der Waals surface area contributed by atoms with Crippen molar-refractivity contribution < 1.29 is 9.53 Å². The fourth-order valence-corrected chi connectivity index (χ4v) is 4.30. The molecular formula is C19H21NO2. The number of hydrogen-bond donors (Lipinski definition) is 1. The average Bonchev–Trinajstić information content (AvgIpc) is 2.95. The summed E-state index contributed by atoms with van der Waals surface area (Å²) in [6, 6.07) is 15.8. The van der Waals surface area contributed by atoms with Crippen LogP contribution in [0.4, 0.5) is 0 Å². The summed E-state index contributed by atoms with van der Waals surface area (Å²) in [6.07, 6.45) is 3.27. The van der Waals surface area contributed by atoms with Gasteiger partial charge in [0.2, 0.25) is 0 Å². The largest absolute Gasteiger partial charge is 0.469 e. The molecule has 0 amide bonds. The molecule has 0 aliphatic carbocycles. The number of carbonyl (C=O) groups excluding carboxylic acids is 1. The van der Waals surface area contributed by atoms with Crippen LogP contribution in [-0.2, 0) is 9.53 Å². The molecule has 2 aliphatic rings. The summed E-state index contributed by atoms with van der Waals surface area (Å²) in [4.78, 5) is 12.3. The van der Waals surface area contributed by atoms with Gasteiger partial charge in [-0.1, -0.05) is 42.5 Å². The number of nitrogens with one attached hydrogen (secondary N) is 1. The molecule has 2 fully saturated rings. The summed E-state index contributed by atoms with van der Waals surface area (Å²) in [5, 5.41) is 6.08. The molecule has 1 N–H and O–H groups in total. The third-order valence-electron chi connectivity index (χ3n) is 5.36. The quantitative estimate of drug-likeness (QED) is 0.864. The Bertz CT molecular complexity index is 711. The van der Waals surface area contributed by atoms with Gasteiger partial charge in [-0.25, -0.2) is 0 Å². The van der Waals surface area contributed by atoms with Crippen LogP contribution in [0.1, 0.15) is 30.7 Å². The highest BCUT2D eigenvalue weighted by molar-refractivity contribution is 5.83. The standard InChI is InChI=1S/C19H21NO2/c1-22-19(21)18-16(11-15-8-9-17(18)20-15)14-7-6-12-4-2-3-5-13(12)10-14/h2-7,10,15-18,20H,8-9,11H2,1H3/t15-,16+,17+,18-/m0/s1. The van der Waals surface area contributed by atoms with E-state index in [2.05, 4.69) is 47.8 Å². The van der Waals surface area contributed by atoms with Gasteiger partial charge in [0, 0.05) is 18.0 Å². The fourth-order valence-electron chi connectivity index (χ4n) is 4.30. The van der Waals surface area contributed by atoms with E-state index >= 15 is 0 Å². The van der Waals surface area contributed by atoms with E-state index in [1.807, 2.05) is 0 Å². The molecule has 2 aromatic rings. The molecule has 2 heterocycles. The first-order chi connectivity index (χ1) is 10.8. The molecule has 114 valence electrons. The lowest BCUT2D eigenvalue weighted by Gasteiger charge is -2.36. The molecule has 0 unspecified atom stereocenters. The fraction of sp³-hybridized carbons (Fsp3) is 0.421. The maximum Gasteiger partial charge on any atom is 0.310 e. The minimum absolute atomic E-state index is 0.0649. The minimum atomic E-state index is -0.0731. The molecule has 4 rings (SSSR count). The number of fused-ring (bicyclic) bond motifs is 3. The molecule has 3 heteroatoms. The van der Waals surface area contributed by atoms with E-state index in [-0.39, 0.29) is 23.8 Å². The van der Waals surface area contributed by atoms with Crippen molar-refractivity contribution in [2.45, 2.75) is 37.3 Å². The van der Waals surface area contributed by atoms with Crippen molar-refractivity contribution in [3.05, 3.63) is 48.0 Å². The van der Waals surface area contributed by atoms with E-state index in [1.54, 1.807) is 0 Å². The Labute approximate surface area is 130 Å². The van der Waals surface area contributed by atoms with Crippen LogP contribution in [0.2, 0.25) is 0 Å². The molecule has 0 saturated carbocycles. The zero-order valence-electron chi connectivity index (χ0n) is 12.8. The van der Waals surface area contributed by atoms with Crippen LogP contribution in [-0.4, -0.2) is 25.2 Å². The minimum Gasteiger partial charge on any atom is -0.469 e. The lowest BCUT2D eigenvalue weighted by atomic mass is 9.76. The Balaban J connectivity index is 1.75. The lowest BCUT2D eigenvalue weighted by Crippen LogP contribution is -2.48. The van der Waals surface area contributed by atoms with Crippen molar-refractivity contribution in [3.63, 3.8) is 0 Å². The molecule has 2 aromatic carbocycles. The van der Waals surface area contributed by atoms with Crippen molar-refractivity contribution in [2.24, 2.45) is 5.92 Å². The number of esters is 1. The van der Waals surface area contributed by atoms with Crippen LogP contribution in [0, 0.1) is 5.92 Å². The summed E-state index contributed by atoms with van der Waals surface area (Å²) in [5.41, 5.74) is 1.27. The molecule has 0 spiro atoms. The third-order valence-corrected chi connectivity index (χ3v) is 5.36. The summed E-state index contributed by atoms with van der Waals surface area (Å²) < 4.78 is 5.10. The van der Waals surface area contributed by atoms with Gasteiger partial charge in [0.05, 0.1) is 13.0 Å². The first-order valence-corrected chi connectivity index (χ1v) is 8.09. The highest BCUT2D eigenvalue weighted by atomic mass is 16.5. The summed E-state index contributed by atoms with van der Waals surface area (Å²) in [5.74, 6) is 0.122. The number of rotatable bonds is 2. The van der Waals surface area contributed by atoms with E-state index in [4.69, 9.17) is 4.74 Å². The number of hydrogen-bond acceptors (Lipinski definition) is 3. The van der Waals surface area contributed by atoms with Gasteiger partial charge in [-0.2, -0.15) is 0 Å². The molecule has 2 aliphatic heterocycles. The van der Waals surface area contributed by atoms with Gasteiger partial charge in [0.15, 0.2) is 0 Å². The molecule has 2 saturated heterocycles. The molecule has 0 radical (unpaired) electrons. The Morgan fingerprint density at radius 1 is 1.14 bits per heavy atom. The second kappa shape index (κ2) is 5.40. The van der Waals surface area contributed by atoms with Crippen molar-refractivity contribution in [1.29, 1.82) is 0 Å². The lowest BCUT2D eigenvalue weighted by molar-refractivity contribution is -0.148. The smallest absolute Gasteiger partial charge is 0.310 e. The van der Waals surface area contributed by atoms with E-state index < -0.39 is 0 Å². The molecule has 4 atom stereocenters. The Kier molecular flexibility index (Phi) is 3.38. The summed E-state index contributed by atoms with van der Waals surface area (Å²) in [7, 11) is 1.50. The van der Waals surface area contributed by atoms with E-state index in [1.165, 1.54) is 29.9 Å². The number of ether oxygens (including phenoxy) is 1. The predicted molar refractivity (Wildman–Crippen MR) is 86.8 cm³/mol. The second-order valence-electron chi connectivity index (χ2n) is 6.55. The van der Waals surface area contributed by atoms with Crippen molar-refractivity contribution >= 4 is 16.7 Å². The maximum absolute atomic E-state index is 12.3. The zero-order chi connectivity index (χ0) is 15.1.